The molecule has 0 saturated heterocycles. The molecule has 0 radical (unpaired) electrons. The lowest BCUT2D eigenvalue weighted by molar-refractivity contribution is -0.123. The summed E-state index contributed by atoms with van der Waals surface area (Å²) in [6, 6.07) is 9.11. The molecule has 23 heavy (non-hydrogen) atoms. The normalized spacial score (nSPS) is 10.0. The smallest absolute Gasteiger partial charge is 0.276 e. The molecule has 0 aromatic heterocycles. The number of carbonyl (C=O) groups is 2. The molecule has 120 valence electrons. The first-order valence-electron chi connectivity index (χ1n) is 6.69. The quantitative estimate of drug-likeness (QED) is 0.848. The van der Waals surface area contributed by atoms with Crippen LogP contribution >= 0.6 is 0 Å². The van der Waals surface area contributed by atoms with Gasteiger partial charge in [-0.2, -0.15) is 0 Å². The highest BCUT2D eigenvalue weighted by Crippen LogP contribution is 2.10. The standard InChI is InChI=1S/C16H14F2N2O3/c1-10-2-3-11(8-14(10)18)16(22)20-19-15(21)9-23-13-6-4-12(17)5-7-13/h2-8H,9H2,1H3,(H,19,21)(H,20,22). The van der Waals surface area contributed by atoms with Gasteiger partial charge in [0, 0.05) is 5.56 Å². The van der Waals surface area contributed by atoms with Gasteiger partial charge in [0.1, 0.15) is 17.4 Å². The van der Waals surface area contributed by atoms with Crippen LogP contribution in [0.5, 0.6) is 5.75 Å². The van der Waals surface area contributed by atoms with Gasteiger partial charge in [0.25, 0.3) is 11.8 Å². The molecule has 0 aliphatic carbocycles. The monoisotopic (exact) mass is 320 g/mol. The third kappa shape index (κ3) is 4.77. The van der Waals surface area contributed by atoms with E-state index >= 15 is 0 Å². The molecule has 2 aromatic carbocycles. The lowest BCUT2D eigenvalue weighted by Crippen LogP contribution is -2.43. The van der Waals surface area contributed by atoms with Crippen molar-refractivity contribution in [1.82, 2.24) is 10.9 Å². The maximum Gasteiger partial charge on any atom is 0.276 e. The topological polar surface area (TPSA) is 67.4 Å². The number of rotatable bonds is 4. The van der Waals surface area contributed by atoms with E-state index in [1.165, 1.54) is 36.4 Å². The van der Waals surface area contributed by atoms with Crippen molar-refractivity contribution in [2.24, 2.45) is 0 Å². The maximum absolute atomic E-state index is 13.4. The minimum atomic E-state index is -0.654. The third-order valence-corrected chi connectivity index (χ3v) is 2.93. The van der Waals surface area contributed by atoms with E-state index in [4.69, 9.17) is 4.74 Å². The van der Waals surface area contributed by atoms with Crippen molar-refractivity contribution in [2.45, 2.75) is 6.92 Å². The molecular weight excluding hydrogens is 306 g/mol. The van der Waals surface area contributed by atoms with Crippen LogP contribution in [0.1, 0.15) is 15.9 Å². The van der Waals surface area contributed by atoms with Crippen molar-refractivity contribution in [2.75, 3.05) is 6.61 Å². The summed E-state index contributed by atoms with van der Waals surface area (Å²) in [7, 11) is 0. The van der Waals surface area contributed by atoms with Crippen molar-refractivity contribution in [1.29, 1.82) is 0 Å². The molecule has 0 unspecified atom stereocenters. The minimum absolute atomic E-state index is 0.0767. The zero-order chi connectivity index (χ0) is 16.8. The fraction of sp³-hybridized carbons (Fsp3) is 0.125. The SMILES string of the molecule is Cc1ccc(C(=O)NNC(=O)COc2ccc(F)cc2)cc1F. The number of hydrogen-bond acceptors (Lipinski definition) is 3. The Kier molecular flexibility index (Phi) is 5.24. The number of halogens is 2. The molecule has 0 fully saturated rings. The van der Waals surface area contributed by atoms with Gasteiger partial charge in [-0.3, -0.25) is 20.4 Å². The number of ether oxygens (including phenoxy) is 1. The third-order valence-electron chi connectivity index (χ3n) is 2.93. The first kappa shape index (κ1) is 16.4. The van der Waals surface area contributed by atoms with Crippen LogP contribution in [0, 0.1) is 18.6 Å². The summed E-state index contributed by atoms with van der Waals surface area (Å²) in [4.78, 5) is 23.3. The van der Waals surface area contributed by atoms with Gasteiger partial charge in [-0.1, -0.05) is 6.07 Å². The highest BCUT2D eigenvalue weighted by atomic mass is 19.1. The molecule has 0 aliphatic rings. The Balaban J connectivity index is 1.80. The number of hydrazine groups is 1. The van der Waals surface area contributed by atoms with Crippen LogP contribution in [-0.2, 0) is 4.79 Å². The summed E-state index contributed by atoms with van der Waals surface area (Å²) in [5, 5.41) is 0. The predicted octanol–water partition coefficient (Wildman–Crippen LogP) is 2.11. The second-order valence-electron chi connectivity index (χ2n) is 4.71. The minimum Gasteiger partial charge on any atom is -0.484 e. The van der Waals surface area contributed by atoms with Gasteiger partial charge in [-0.05, 0) is 48.9 Å². The molecule has 0 bridgehead atoms. The summed E-state index contributed by atoms with van der Waals surface area (Å²) in [6.07, 6.45) is 0. The number of benzene rings is 2. The van der Waals surface area contributed by atoms with Crippen LogP contribution in [0.25, 0.3) is 0 Å². The average Bonchev–Trinajstić information content (AvgIpc) is 2.54. The van der Waals surface area contributed by atoms with Gasteiger partial charge in [0.05, 0.1) is 0 Å². The number of amides is 2. The van der Waals surface area contributed by atoms with E-state index in [1.54, 1.807) is 6.92 Å². The molecule has 0 aliphatic heterocycles. The van der Waals surface area contributed by atoms with Crippen molar-refractivity contribution in [3.05, 3.63) is 65.2 Å². The van der Waals surface area contributed by atoms with E-state index in [2.05, 4.69) is 10.9 Å². The molecule has 2 amide bonds. The lowest BCUT2D eigenvalue weighted by Gasteiger charge is -2.09. The van der Waals surface area contributed by atoms with Crippen LogP contribution in [0.2, 0.25) is 0 Å². The fourth-order valence-corrected chi connectivity index (χ4v) is 1.65. The Hall–Kier alpha value is -2.96. The zero-order valence-corrected chi connectivity index (χ0v) is 12.2. The predicted molar refractivity (Wildman–Crippen MR) is 78.6 cm³/mol. The first-order valence-corrected chi connectivity index (χ1v) is 6.69. The van der Waals surface area contributed by atoms with E-state index in [9.17, 15) is 18.4 Å². The molecule has 0 atom stereocenters. The van der Waals surface area contributed by atoms with E-state index in [0.717, 1.165) is 6.07 Å². The first-order chi connectivity index (χ1) is 11.0. The molecule has 7 heteroatoms. The summed E-state index contributed by atoms with van der Waals surface area (Å²) in [6.45, 7) is 1.21. The van der Waals surface area contributed by atoms with Gasteiger partial charge in [0.2, 0.25) is 0 Å². The molecule has 5 nitrogen and oxygen atoms in total. The Morgan fingerprint density at radius 3 is 2.39 bits per heavy atom. The Bertz CT molecular complexity index is 718. The van der Waals surface area contributed by atoms with Crippen molar-refractivity contribution >= 4 is 11.8 Å². The summed E-state index contributed by atoms with van der Waals surface area (Å²) < 4.78 is 31.2. The fourth-order valence-electron chi connectivity index (χ4n) is 1.65. The van der Waals surface area contributed by atoms with Crippen molar-refractivity contribution < 1.29 is 23.1 Å². The molecule has 0 heterocycles. The van der Waals surface area contributed by atoms with E-state index < -0.39 is 23.4 Å². The van der Waals surface area contributed by atoms with Gasteiger partial charge >= 0.3 is 0 Å². The highest BCUT2D eigenvalue weighted by molar-refractivity contribution is 5.95. The van der Waals surface area contributed by atoms with Gasteiger partial charge < -0.3 is 4.74 Å². The lowest BCUT2D eigenvalue weighted by atomic mass is 10.1. The van der Waals surface area contributed by atoms with E-state index in [-0.39, 0.29) is 12.2 Å². The Labute approximate surface area is 131 Å². The second kappa shape index (κ2) is 7.35. The van der Waals surface area contributed by atoms with Gasteiger partial charge in [0.15, 0.2) is 6.61 Å². The molecule has 0 spiro atoms. The number of aryl methyl sites for hydroxylation is 1. The number of nitrogens with one attached hydrogen (secondary N) is 2. The second-order valence-corrected chi connectivity index (χ2v) is 4.71. The average molecular weight is 320 g/mol. The Morgan fingerprint density at radius 1 is 1.04 bits per heavy atom. The summed E-state index contributed by atoms with van der Waals surface area (Å²) >= 11 is 0. The van der Waals surface area contributed by atoms with Gasteiger partial charge in [-0.25, -0.2) is 8.78 Å². The zero-order valence-electron chi connectivity index (χ0n) is 12.2. The van der Waals surface area contributed by atoms with E-state index in [0.29, 0.717) is 11.3 Å². The Morgan fingerprint density at radius 2 is 1.74 bits per heavy atom. The van der Waals surface area contributed by atoms with Gasteiger partial charge in [-0.15, -0.1) is 0 Å². The molecule has 2 N–H and O–H groups in total. The number of hydrogen-bond donors (Lipinski definition) is 2. The highest BCUT2D eigenvalue weighted by Gasteiger charge is 2.10. The molecule has 2 aromatic rings. The maximum atomic E-state index is 13.4. The van der Waals surface area contributed by atoms with Crippen LogP contribution in [-0.4, -0.2) is 18.4 Å². The molecule has 2 rings (SSSR count). The van der Waals surface area contributed by atoms with E-state index in [1.807, 2.05) is 0 Å². The largest absolute Gasteiger partial charge is 0.484 e. The summed E-state index contributed by atoms with van der Waals surface area (Å²) in [5.74, 6) is -1.88. The van der Waals surface area contributed by atoms with Crippen LogP contribution in [0.3, 0.4) is 0 Å². The number of carbonyl (C=O) groups excluding carboxylic acids is 2. The molecule has 0 saturated carbocycles. The van der Waals surface area contributed by atoms with Crippen LogP contribution in [0.4, 0.5) is 8.78 Å². The van der Waals surface area contributed by atoms with Crippen LogP contribution < -0.4 is 15.6 Å². The van der Waals surface area contributed by atoms with Crippen molar-refractivity contribution in [3.63, 3.8) is 0 Å². The van der Waals surface area contributed by atoms with Crippen molar-refractivity contribution in [3.8, 4) is 5.75 Å². The summed E-state index contributed by atoms with van der Waals surface area (Å²) in [5.41, 5.74) is 4.77. The van der Waals surface area contributed by atoms with Crippen LogP contribution in [0.15, 0.2) is 42.5 Å². The molecular formula is C16H14F2N2O3.